The summed E-state index contributed by atoms with van der Waals surface area (Å²) in [7, 11) is 0. The molecule has 0 spiro atoms. The average molecular weight is 208 g/mol. The van der Waals surface area contributed by atoms with Gasteiger partial charge in [-0.05, 0) is 31.0 Å². The van der Waals surface area contributed by atoms with Crippen LogP contribution in [0, 0.1) is 13.8 Å². The molecule has 0 saturated heterocycles. The van der Waals surface area contributed by atoms with Gasteiger partial charge < -0.3 is 0 Å². The minimum absolute atomic E-state index is 0.648. The molecule has 2 heterocycles. The van der Waals surface area contributed by atoms with Gasteiger partial charge in [0.15, 0.2) is 5.82 Å². The topological polar surface area (TPSA) is 30.7 Å². The van der Waals surface area contributed by atoms with E-state index in [0.717, 1.165) is 16.9 Å². The van der Waals surface area contributed by atoms with Crippen LogP contribution >= 0.6 is 11.6 Å². The Morgan fingerprint density at radius 1 is 1.29 bits per heavy atom. The van der Waals surface area contributed by atoms with Crippen LogP contribution in [-0.2, 0) is 0 Å². The highest BCUT2D eigenvalue weighted by atomic mass is 35.5. The van der Waals surface area contributed by atoms with Gasteiger partial charge in [-0.1, -0.05) is 11.6 Å². The summed E-state index contributed by atoms with van der Waals surface area (Å²) in [5, 5.41) is 4.84. The molecule has 4 heteroatoms. The number of nitrogens with zero attached hydrogens (tertiary/aromatic N) is 3. The number of rotatable bonds is 1. The molecular weight excluding hydrogens is 198 g/mol. The molecule has 3 nitrogen and oxygen atoms in total. The zero-order valence-electron chi connectivity index (χ0n) is 8.03. The molecule has 2 rings (SSSR count). The molecule has 0 N–H and O–H groups in total. The molecule has 0 bridgehead atoms. The zero-order valence-corrected chi connectivity index (χ0v) is 8.78. The number of hydrogen-bond acceptors (Lipinski definition) is 2. The van der Waals surface area contributed by atoms with Crippen molar-refractivity contribution >= 4 is 11.6 Å². The molecule has 2 aromatic rings. The van der Waals surface area contributed by atoms with Crippen LogP contribution in [0.4, 0.5) is 0 Å². The number of pyridine rings is 1. The summed E-state index contributed by atoms with van der Waals surface area (Å²) in [5.74, 6) is 0.822. The van der Waals surface area contributed by atoms with Crippen LogP contribution in [0.2, 0.25) is 5.02 Å². The fourth-order valence-electron chi connectivity index (χ4n) is 1.30. The minimum Gasteiger partial charge on any atom is -0.235 e. The van der Waals surface area contributed by atoms with E-state index >= 15 is 0 Å². The van der Waals surface area contributed by atoms with E-state index in [4.69, 9.17) is 11.6 Å². The maximum atomic E-state index is 5.82. The summed E-state index contributed by atoms with van der Waals surface area (Å²) in [6.45, 7) is 3.96. The van der Waals surface area contributed by atoms with Gasteiger partial charge in [0.05, 0.1) is 11.2 Å². The number of aromatic nitrogens is 3. The van der Waals surface area contributed by atoms with E-state index in [2.05, 4.69) is 10.1 Å². The Morgan fingerprint density at radius 3 is 2.64 bits per heavy atom. The van der Waals surface area contributed by atoms with Crippen LogP contribution < -0.4 is 0 Å². The van der Waals surface area contributed by atoms with Gasteiger partial charge >= 0.3 is 0 Å². The van der Waals surface area contributed by atoms with E-state index in [-0.39, 0.29) is 0 Å². The van der Waals surface area contributed by atoms with Crippen molar-refractivity contribution in [3.8, 4) is 5.82 Å². The molecule has 0 radical (unpaired) electrons. The lowest BCUT2D eigenvalue weighted by molar-refractivity contribution is 0.838. The third-order valence-electron chi connectivity index (χ3n) is 1.95. The van der Waals surface area contributed by atoms with Crippen LogP contribution in [0.3, 0.4) is 0 Å². The Labute approximate surface area is 87.3 Å². The third-order valence-corrected chi connectivity index (χ3v) is 2.15. The van der Waals surface area contributed by atoms with Crippen molar-refractivity contribution in [3.05, 3.63) is 40.8 Å². The molecule has 14 heavy (non-hydrogen) atoms. The highest BCUT2D eigenvalue weighted by Gasteiger charge is 2.03. The smallest absolute Gasteiger partial charge is 0.156 e. The quantitative estimate of drug-likeness (QED) is 0.720. The molecule has 0 saturated carbocycles. The second kappa shape index (κ2) is 3.42. The molecule has 0 aromatic carbocycles. The molecule has 72 valence electrons. The predicted molar refractivity (Wildman–Crippen MR) is 55.8 cm³/mol. The highest BCUT2D eigenvalue weighted by molar-refractivity contribution is 6.30. The van der Waals surface area contributed by atoms with Crippen LogP contribution in [0.1, 0.15) is 11.1 Å². The van der Waals surface area contributed by atoms with Crippen LogP contribution in [0.25, 0.3) is 5.82 Å². The van der Waals surface area contributed by atoms with Gasteiger partial charge in [-0.25, -0.2) is 9.67 Å². The van der Waals surface area contributed by atoms with Crippen LogP contribution in [0.15, 0.2) is 24.7 Å². The molecule has 0 aliphatic heterocycles. The van der Waals surface area contributed by atoms with Crippen molar-refractivity contribution in [2.24, 2.45) is 0 Å². The van der Waals surface area contributed by atoms with Gasteiger partial charge in [0.2, 0.25) is 0 Å². The van der Waals surface area contributed by atoms with Gasteiger partial charge in [0.1, 0.15) is 0 Å². The summed E-state index contributed by atoms with van der Waals surface area (Å²) in [5.41, 5.74) is 2.13. The summed E-state index contributed by atoms with van der Waals surface area (Å²) < 4.78 is 1.75. The zero-order chi connectivity index (χ0) is 10.1. The Bertz CT molecular complexity index is 462. The van der Waals surface area contributed by atoms with Crippen molar-refractivity contribution in [2.75, 3.05) is 0 Å². The summed E-state index contributed by atoms with van der Waals surface area (Å²) in [4.78, 5) is 4.23. The SMILES string of the molecule is Cc1cnn(-c2ncc(Cl)cc2C)c1. The van der Waals surface area contributed by atoms with Crippen molar-refractivity contribution in [1.82, 2.24) is 14.8 Å². The summed E-state index contributed by atoms with van der Waals surface area (Å²) in [6.07, 6.45) is 5.36. The van der Waals surface area contributed by atoms with E-state index in [1.807, 2.05) is 26.1 Å². The number of halogens is 1. The van der Waals surface area contributed by atoms with Crippen molar-refractivity contribution in [1.29, 1.82) is 0 Å². The summed E-state index contributed by atoms with van der Waals surface area (Å²) in [6, 6.07) is 1.88. The molecule has 0 unspecified atom stereocenters. The monoisotopic (exact) mass is 207 g/mol. The van der Waals surface area contributed by atoms with Crippen LogP contribution in [0.5, 0.6) is 0 Å². The lowest BCUT2D eigenvalue weighted by Gasteiger charge is -2.03. The van der Waals surface area contributed by atoms with E-state index in [9.17, 15) is 0 Å². The van der Waals surface area contributed by atoms with E-state index in [1.54, 1.807) is 17.1 Å². The molecule has 0 atom stereocenters. The largest absolute Gasteiger partial charge is 0.235 e. The lowest BCUT2D eigenvalue weighted by Crippen LogP contribution is -2.00. The minimum atomic E-state index is 0.648. The number of aryl methyl sites for hydroxylation is 2. The predicted octanol–water partition coefficient (Wildman–Crippen LogP) is 2.54. The standard InChI is InChI=1S/C10H10ClN3/c1-7-4-13-14(6-7)10-8(2)3-9(11)5-12-10/h3-6H,1-2H3. The Balaban J connectivity index is 2.52. The first-order valence-corrected chi connectivity index (χ1v) is 4.68. The Morgan fingerprint density at radius 2 is 2.07 bits per heavy atom. The van der Waals surface area contributed by atoms with Gasteiger partial charge in [-0.3, -0.25) is 0 Å². The molecule has 0 fully saturated rings. The maximum Gasteiger partial charge on any atom is 0.156 e. The van der Waals surface area contributed by atoms with E-state index < -0.39 is 0 Å². The molecule has 0 aliphatic rings. The van der Waals surface area contributed by atoms with Crippen molar-refractivity contribution in [3.63, 3.8) is 0 Å². The Hall–Kier alpha value is -1.35. The third kappa shape index (κ3) is 1.63. The van der Waals surface area contributed by atoms with Gasteiger partial charge in [-0.2, -0.15) is 5.10 Å². The lowest BCUT2D eigenvalue weighted by atomic mass is 10.3. The normalized spacial score (nSPS) is 10.5. The number of hydrogen-bond donors (Lipinski definition) is 0. The second-order valence-electron chi connectivity index (χ2n) is 3.26. The summed E-state index contributed by atoms with van der Waals surface area (Å²) >= 11 is 5.82. The molecular formula is C10H10ClN3. The van der Waals surface area contributed by atoms with Crippen LogP contribution in [-0.4, -0.2) is 14.8 Å². The first kappa shape index (κ1) is 9.21. The Kier molecular flexibility index (Phi) is 2.25. The molecule has 0 aliphatic carbocycles. The average Bonchev–Trinajstić information content (AvgIpc) is 2.51. The first-order valence-electron chi connectivity index (χ1n) is 4.30. The molecule has 0 amide bonds. The second-order valence-corrected chi connectivity index (χ2v) is 3.69. The maximum absolute atomic E-state index is 5.82. The fraction of sp³-hybridized carbons (Fsp3) is 0.200. The highest BCUT2D eigenvalue weighted by Crippen LogP contribution is 2.15. The van der Waals surface area contributed by atoms with E-state index in [0.29, 0.717) is 5.02 Å². The van der Waals surface area contributed by atoms with Gasteiger partial charge in [0, 0.05) is 12.4 Å². The fourth-order valence-corrected chi connectivity index (χ4v) is 1.51. The first-order chi connectivity index (χ1) is 6.66. The van der Waals surface area contributed by atoms with Gasteiger partial charge in [0.25, 0.3) is 0 Å². The molecule has 2 aromatic heterocycles. The van der Waals surface area contributed by atoms with Crippen molar-refractivity contribution < 1.29 is 0 Å². The van der Waals surface area contributed by atoms with E-state index in [1.165, 1.54) is 0 Å². The van der Waals surface area contributed by atoms with Crippen molar-refractivity contribution in [2.45, 2.75) is 13.8 Å². The van der Waals surface area contributed by atoms with Gasteiger partial charge in [-0.15, -0.1) is 0 Å².